The van der Waals surface area contributed by atoms with Crippen molar-refractivity contribution < 1.29 is 28.2 Å². The van der Waals surface area contributed by atoms with Gasteiger partial charge in [0.2, 0.25) is 5.91 Å². The van der Waals surface area contributed by atoms with Crippen LogP contribution in [0.2, 0.25) is 0 Å². The SMILES string of the molecule is COc1ccc(N(C(=O)c2ccoc2C)[C@@H](C(=O)NC2CCCCC2)c2cccc(OC)c2OC)cc1. The summed E-state index contributed by atoms with van der Waals surface area (Å²) in [4.78, 5) is 29.7. The molecule has 1 aliphatic carbocycles. The van der Waals surface area contributed by atoms with Crippen LogP contribution in [0.1, 0.15) is 59.8 Å². The maximum Gasteiger partial charge on any atom is 0.262 e. The monoisotopic (exact) mass is 506 g/mol. The summed E-state index contributed by atoms with van der Waals surface area (Å²) in [7, 11) is 4.64. The van der Waals surface area contributed by atoms with Crippen molar-refractivity contribution in [3.05, 3.63) is 71.7 Å². The first-order chi connectivity index (χ1) is 18.0. The summed E-state index contributed by atoms with van der Waals surface area (Å²) < 4.78 is 22.0. The van der Waals surface area contributed by atoms with Gasteiger partial charge in [-0.1, -0.05) is 31.4 Å². The second-order valence-corrected chi connectivity index (χ2v) is 9.09. The second-order valence-electron chi connectivity index (χ2n) is 9.09. The Morgan fingerprint density at radius 2 is 1.68 bits per heavy atom. The third-order valence-electron chi connectivity index (χ3n) is 6.84. The molecule has 0 saturated heterocycles. The lowest BCUT2D eigenvalue weighted by Crippen LogP contribution is -2.47. The summed E-state index contributed by atoms with van der Waals surface area (Å²) in [5.74, 6) is 1.31. The van der Waals surface area contributed by atoms with Gasteiger partial charge in [-0.2, -0.15) is 0 Å². The number of aryl methyl sites for hydroxylation is 1. The highest BCUT2D eigenvalue weighted by atomic mass is 16.5. The van der Waals surface area contributed by atoms with Crippen LogP contribution in [0.25, 0.3) is 0 Å². The topological polar surface area (TPSA) is 90.2 Å². The Morgan fingerprint density at radius 3 is 2.27 bits per heavy atom. The van der Waals surface area contributed by atoms with Gasteiger partial charge >= 0.3 is 0 Å². The Kier molecular flexibility index (Phi) is 8.38. The lowest BCUT2D eigenvalue weighted by molar-refractivity contribution is -0.123. The zero-order valence-electron chi connectivity index (χ0n) is 21.8. The Balaban J connectivity index is 1.89. The highest BCUT2D eigenvalue weighted by Gasteiger charge is 2.38. The van der Waals surface area contributed by atoms with E-state index in [2.05, 4.69) is 5.32 Å². The third-order valence-corrected chi connectivity index (χ3v) is 6.84. The van der Waals surface area contributed by atoms with Gasteiger partial charge in [0.05, 0.1) is 33.2 Å². The standard InChI is InChI=1S/C29H34N2O6/c1-19-23(17-18-37-19)29(33)31(21-13-15-22(34-2)16-14-21)26(28(32)30-20-9-6-5-7-10-20)24-11-8-12-25(35-3)27(24)36-4/h8,11-18,20,26H,5-7,9-10H2,1-4H3,(H,30,32)/t26-/m1/s1. The molecule has 0 bridgehead atoms. The van der Waals surface area contributed by atoms with E-state index < -0.39 is 6.04 Å². The first-order valence-corrected chi connectivity index (χ1v) is 12.5. The van der Waals surface area contributed by atoms with Crippen LogP contribution in [-0.2, 0) is 4.79 Å². The van der Waals surface area contributed by atoms with E-state index in [0.717, 1.165) is 32.1 Å². The van der Waals surface area contributed by atoms with E-state index in [9.17, 15) is 9.59 Å². The Hall–Kier alpha value is -3.94. The number of para-hydroxylation sites is 1. The van der Waals surface area contributed by atoms with Crippen molar-refractivity contribution in [2.75, 3.05) is 26.2 Å². The van der Waals surface area contributed by atoms with Crippen LogP contribution in [0.5, 0.6) is 17.2 Å². The van der Waals surface area contributed by atoms with Crippen LogP contribution in [-0.4, -0.2) is 39.2 Å². The van der Waals surface area contributed by atoms with Crippen LogP contribution < -0.4 is 24.4 Å². The fourth-order valence-electron chi connectivity index (χ4n) is 4.91. The molecule has 0 aliphatic heterocycles. The van der Waals surface area contributed by atoms with Crippen LogP contribution in [0, 0.1) is 6.92 Å². The summed E-state index contributed by atoms with van der Waals surface area (Å²) in [5.41, 5.74) is 1.41. The van der Waals surface area contributed by atoms with Crippen LogP contribution in [0.4, 0.5) is 5.69 Å². The summed E-state index contributed by atoms with van der Waals surface area (Å²) in [6, 6.07) is 13.0. The minimum absolute atomic E-state index is 0.0452. The van der Waals surface area contributed by atoms with Gasteiger partial charge in [-0.3, -0.25) is 14.5 Å². The van der Waals surface area contributed by atoms with E-state index in [4.69, 9.17) is 18.6 Å². The number of hydrogen-bond donors (Lipinski definition) is 1. The molecule has 1 atom stereocenters. The number of rotatable bonds is 9. The molecule has 3 aromatic rings. The molecule has 8 nitrogen and oxygen atoms in total. The minimum Gasteiger partial charge on any atom is -0.497 e. The van der Waals surface area contributed by atoms with Crippen LogP contribution >= 0.6 is 0 Å². The quantitative estimate of drug-likeness (QED) is 0.415. The van der Waals surface area contributed by atoms with Crippen molar-refractivity contribution in [3.63, 3.8) is 0 Å². The lowest BCUT2D eigenvalue weighted by atomic mass is 9.94. The van der Waals surface area contributed by atoms with Crippen molar-refractivity contribution in [1.29, 1.82) is 0 Å². The lowest BCUT2D eigenvalue weighted by Gasteiger charge is -2.34. The van der Waals surface area contributed by atoms with Gasteiger partial charge in [-0.15, -0.1) is 0 Å². The molecule has 2 aromatic carbocycles. The number of hydrogen-bond acceptors (Lipinski definition) is 6. The molecule has 0 radical (unpaired) electrons. The molecule has 8 heteroatoms. The maximum atomic E-state index is 14.1. The number of benzene rings is 2. The average Bonchev–Trinajstić information content (AvgIpc) is 3.37. The molecule has 37 heavy (non-hydrogen) atoms. The largest absolute Gasteiger partial charge is 0.497 e. The van der Waals surface area contributed by atoms with E-state index in [-0.39, 0.29) is 17.9 Å². The van der Waals surface area contributed by atoms with Gasteiger partial charge in [-0.25, -0.2) is 0 Å². The van der Waals surface area contributed by atoms with Gasteiger partial charge in [0.1, 0.15) is 17.6 Å². The highest BCUT2D eigenvalue weighted by Crippen LogP contribution is 2.40. The van der Waals surface area contributed by atoms with Gasteiger partial charge in [0.25, 0.3) is 5.91 Å². The van der Waals surface area contributed by atoms with Crippen LogP contribution in [0.3, 0.4) is 0 Å². The van der Waals surface area contributed by atoms with Crippen LogP contribution in [0.15, 0.2) is 59.2 Å². The number of nitrogens with one attached hydrogen (secondary N) is 1. The predicted octanol–water partition coefficient (Wildman–Crippen LogP) is 5.45. The number of nitrogens with zero attached hydrogens (tertiary/aromatic N) is 1. The summed E-state index contributed by atoms with van der Waals surface area (Å²) in [6.45, 7) is 1.72. The van der Waals surface area contributed by atoms with E-state index in [1.807, 2.05) is 0 Å². The Morgan fingerprint density at radius 1 is 0.946 bits per heavy atom. The molecule has 1 N–H and O–H groups in total. The molecular weight excluding hydrogens is 472 g/mol. The first kappa shape index (κ1) is 26.1. The summed E-state index contributed by atoms with van der Waals surface area (Å²) >= 11 is 0. The minimum atomic E-state index is -1.04. The van der Waals surface area contributed by atoms with E-state index >= 15 is 0 Å². The normalized spacial score (nSPS) is 14.5. The van der Waals surface area contributed by atoms with Gasteiger partial charge in [-0.05, 0) is 56.2 Å². The molecular formula is C29H34N2O6. The summed E-state index contributed by atoms with van der Waals surface area (Å²) in [6.07, 6.45) is 6.57. The Bertz CT molecular complexity index is 1210. The molecule has 0 unspecified atom stereocenters. The number of anilines is 1. The Labute approximate surface area is 217 Å². The van der Waals surface area contributed by atoms with Gasteiger partial charge in [0, 0.05) is 17.3 Å². The van der Waals surface area contributed by atoms with Crippen molar-refractivity contribution in [2.45, 2.75) is 51.1 Å². The zero-order valence-corrected chi connectivity index (χ0v) is 21.8. The molecule has 1 aromatic heterocycles. The van der Waals surface area contributed by atoms with Crippen molar-refractivity contribution in [3.8, 4) is 17.2 Å². The van der Waals surface area contributed by atoms with Gasteiger partial charge < -0.3 is 23.9 Å². The van der Waals surface area contributed by atoms with Crippen molar-refractivity contribution in [2.24, 2.45) is 0 Å². The highest BCUT2D eigenvalue weighted by molar-refractivity contribution is 6.10. The van der Waals surface area contributed by atoms with E-state index in [1.54, 1.807) is 69.7 Å². The number of ether oxygens (including phenoxy) is 3. The average molecular weight is 507 g/mol. The molecule has 0 spiro atoms. The molecule has 2 amide bonds. The second kappa shape index (κ2) is 11.9. The summed E-state index contributed by atoms with van der Waals surface area (Å²) in [5, 5.41) is 3.22. The van der Waals surface area contributed by atoms with Crippen molar-refractivity contribution in [1.82, 2.24) is 5.32 Å². The molecule has 1 heterocycles. The van der Waals surface area contributed by atoms with Crippen molar-refractivity contribution >= 4 is 17.5 Å². The van der Waals surface area contributed by atoms with E-state index in [0.29, 0.717) is 39.8 Å². The number of methoxy groups -OCH3 is 3. The smallest absolute Gasteiger partial charge is 0.262 e. The molecule has 1 saturated carbocycles. The first-order valence-electron chi connectivity index (χ1n) is 12.5. The third kappa shape index (κ3) is 5.58. The fourth-order valence-corrected chi connectivity index (χ4v) is 4.91. The fraction of sp³-hybridized carbons (Fsp3) is 0.379. The molecule has 4 rings (SSSR count). The zero-order chi connectivity index (χ0) is 26.4. The molecule has 1 fully saturated rings. The van der Waals surface area contributed by atoms with E-state index in [1.165, 1.54) is 18.3 Å². The maximum absolute atomic E-state index is 14.1. The molecule has 196 valence electrons. The predicted molar refractivity (Wildman–Crippen MR) is 141 cm³/mol. The number of furan rings is 1. The number of amides is 2. The number of carbonyl (C=O) groups is 2. The molecule has 1 aliphatic rings. The van der Waals surface area contributed by atoms with Gasteiger partial charge in [0.15, 0.2) is 11.5 Å². The number of carbonyl (C=O) groups excluding carboxylic acids is 2.